The van der Waals surface area contributed by atoms with Gasteiger partial charge < -0.3 is 5.11 Å². The number of ketones is 1. The Balaban J connectivity index is 0.000000189. The smallest absolute Gasteiger partial charge is 0.298 e. The van der Waals surface area contributed by atoms with Crippen LogP contribution in [0.4, 0.5) is 0 Å². The molecule has 4 rings (SSSR count). The maximum atomic E-state index is 11.6. The van der Waals surface area contributed by atoms with Gasteiger partial charge in [0.05, 0.1) is 0 Å². The second-order valence-electron chi connectivity index (χ2n) is 7.00. The molecule has 0 aliphatic heterocycles. The zero-order chi connectivity index (χ0) is 23.7. The van der Waals surface area contributed by atoms with Gasteiger partial charge >= 0.3 is 0 Å². The zero-order valence-electron chi connectivity index (χ0n) is 17.6. The molecule has 0 atom stereocenters. The molecule has 5 nitrogen and oxygen atoms in total. The van der Waals surface area contributed by atoms with E-state index in [2.05, 4.69) is 0 Å². The summed E-state index contributed by atoms with van der Waals surface area (Å²) in [5, 5.41) is 10.8. The van der Waals surface area contributed by atoms with Crippen molar-refractivity contribution < 1.29 is 22.9 Å². The molecule has 0 amide bonds. The molecule has 6 heteroatoms. The topological polar surface area (TPSA) is 91.7 Å². The summed E-state index contributed by atoms with van der Waals surface area (Å²) in [6.07, 6.45) is 6.79. The maximum absolute atomic E-state index is 11.6. The third-order valence-corrected chi connectivity index (χ3v) is 5.51. The summed E-state index contributed by atoms with van der Waals surface area (Å²) in [6.45, 7) is 0. The van der Waals surface area contributed by atoms with Gasteiger partial charge in [0.1, 0.15) is 10.6 Å². The van der Waals surface area contributed by atoms with Crippen LogP contribution in [0.25, 0.3) is 22.9 Å². The van der Waals surface area contributed by atoms with Crippen LogP contribution >= 0.6 is 0 Å². The minimum atomic E-state index is -4.37. The molecule has 0 unspecified atom stereocenters. The summed E-state index contributed by atoms with van der Waals surface area (Å²) in [5.41, 5.74) is 2.05. The van der Waals surface area contributed by atoms with Crippen molar-refractivity contribution >= 4 is 38.8 Å². The first-order valence-electron chi connectivity index (χ1n) is 10.0. The Bertz CT molecular complexity index is 1340. The Hall–Kier alpha value is -4.00. The number of phenolic OH excluding ortho intramolecular Hbond substituents is 1. The molecule has 4 aromatic rings. The Morgan fingerprint density at radius 1 is 0.667 bits per heavy atom. The minimum absolute atomic E-state index is 0.0114. The lowest BCUT2D eigenvalue weighted by atomic mass is 10.1. The monoisotopic (exact) mass is 458 g/mol. The number of fused-ring (bicyclic) bond motifs is 1. The first-order valence-corrected chi connectivity index (χ1v) is 11.5. The Labute approximate surface area is 192 Å². The molecule has 0 saturated heterocycles. The van der Waals surface area contributed by atoms with Crippen molar-refractivity contribution in [3.05, 3.63) is 120 Å². The first-order chi connectivity index (χ1) is 15.8. The number of carbonyl (C=O) groups excluding carboxylic acids is 1. The molecule has 0 fully saturated rings. The second kappa shape index (κ2) is 11.0. The van der Waals surface area contributed by atoms with Crippen LogP contribution in [0.5, 0.6) is 5.75 Å². The number of allylic oxidation sites excluding steroid dienone is 2. The highest BCUT2D eigenvalue weighted by Crippen LogP contribution is 2.31. The lowest BCUT2D eigenvalue weighted by Gasteiger charge is -2.04. The Kier molecular flexibility index (Phi) is 7.91. The molecule has 0 radical (unpaired) electrons. The van der Waals surface area contributed by atoms with Gasteiger partial charge in [0, 0.05) is 5.39 Å². The first kappa shape index (κ1) is 23.7. The quantitative estimate of drug-likeness (QED) is 0.292. The molecule has 0 spiro atoms. The summed E-state index contributed by atoms with van der Waals surface area (Å²) in [7, 11) is -4.37. The number of hydrogen-bond donors (Lipinski definition) is 2. The van der Waals surface area contributed by atoms with Crippen LogP contribution < -0.4 is 0 Å². The Morgan fingerprint density at radius 3 is 1.67 bits per heavy atom. The maximum Gasteiger partial charge on any atom is 0.298 e. The molecule has 0 aromatic heterocycles. The average Bonchev–Trinajstić information content (AvgIpc) is 2.83. The average molecular weight is 459 g/mol. The molecule has 0 saturated carbocycles. The van der Waals surface area contributed by atoms with Gasteiger partial charge in [-0.2, -0.15) is 8.42 Å². The lowest BCUT2D eigenvalue weighted by molar-refractivity contribution is -0.110. The van der Waals surface area contributed by atoms with Gasteiger partial charge in [0.15, 0.2) is 5.78 Å². The van der Waals surface area contributed by atoms with E-state index in [1.54, 1.807) is 36.4 Å². The highest BCUT2D eigenvalue weighted by atomic mass is 32.2. The highest BCUT2D eigenvalue weighted by Gasteiger charge is 2.16. The fourth-order valence-electron chi connectivity index (χ4n) is 2.98. The number of rotatable bonds is 5. The van der Waals surface area contributed by atoms with Gasteiger partial charge in [0.25, 0.3) is 10.1 Å². The van der Waals surface area contributed by atoms with E-state index in [9.17, 15) is 18.3 Å². The summed E-state index contributed by atoms with van der Waals surface area (Å²) in [6, 6.07) is 29.0. The van der Waals surface area contributed by atoms with E-state index in [0.717, 1.165) is 11.1 Å². The molecular weight excluding hydrogens is 436 g/mol. The van der Waals surface area contributed by atoms with Crippen LogP contribution in [0.2, 0.25) is 0 Å². The summed E-state index contributed by atoms with van der Waals surface area (Å²) in [5.74, 6) is -0.432. The van der Waals surface area contributed by atoms with Crippen molar-refractivity contribution in [3.8, 4) is 5.75 Å². The normalized spacial score (nSPS) is 11.4. The van der Waals surface area contributed by atoms with E-state index in [-0.39, 0.29) is 5.78 Å². The predicted molar refractivity (Wildman–Crippen MR) is 131 cm³/mol. The molecule has 166 valence electrons. The molecule has 33 heavy (non-hydrogen) atoms. The van der Waals surface area contributed by atoms with Gasteiger partial charge in [-0.15, -0.1) is 0 Å². The number of benzene rings is 4. The van der Waals surface area contributed by atoms with E-state index in [1.165, 1.54) is 12.1 Å². The van der Waals surface area contributed by atoms with Gasteiger partial charge in [-0.05, 0) is 34.7 Å². The second-order valence-corrected chi connectivity index (χ2v) is 8.39. The fourth-order valence-corrected chi connectivity index (χ4v) is 3.58. The van der Waals surface area contributed by atoms with E-state index >= 15 is 0 Å². The number of phenols is 1. The van der Waals surface area contributed by atoms with Crippen molar-refractivity contribution in [2.75, 3.05) is 0 Å². The Morgan fingerprint density at radius 2 is 1.15 bits per heavy atom. The summed E-state index contributed by atoms with van der Waals surface area (Å²) < 4.78 is 30.6. The van der Waals surface area contributed by atoms with E-state index < -0.39 is 20.8 Å². The van der Waals surface area contributed by atoms with Gasteiger partial charge in [-0.25, -0.2) is 0 Å². The predicted octanol–water partition coefficient (Wildman–Crippen LogP) is 5.77. The number of carbonyl (C=O) groups is 1. The zero-order valence-corrected chi connectivity index (χ0v) is 18.4. The lowest BCUT2D eigenvalue weighted by Crippen LogP contribution is -1.98. The molecule has 0 aliphatic rings. The number of hydrogen-bond acceptors (Lipinski definition) is 4. The molecule has 2 N–H and O–H groups in total. The van der Waals surface area contributed by atoms with Crippen LogP contribution in [0.15, 0.2) is 114 Å². The summed E-state index contributed by atoms with van der Waals surface area (Å²) >= 11 is 0. The van der Waals surface area contributed by atoms with E-state index in [4.69, 9.17) is 4.55 Å². The van der Waals surface area contributed by atoms with Gasteiger partial charge in [-0.1, -0.05) is 103 Å². The van der Waals surface area contributed by atoms with Crippen molar-refractivity contribution in [2.45, 2.75) is 4.90 Å². The third kappa shape index (κ3) is 7.00. The van der Waals surface area contributed by atoms with Crippen LogP contribution in [0.3, 0.4) is 0 Å². The summed E-state index contributed by atoms with van der Waals surface area (Å²) in [4.78, 5) is 11.1. The standard InChI is InChI=1S/C17H14O.C10H8O4S/c18-17(13-11-15-7-3-1-4-8-15)14-12-16-9-5-2-6-10-16;11-10-8-4-2-1-3-7(8)5-6-9(10)15(12,13)14/h1-14H;1-6,11H,(H,12,13,14). The molecule has 4 aromatic carbocycles. The SMILES string of the molecule is O=C(C=Cc1ccccc1)C=Cc1ccccc1.O=S(=O)(O)c1ccc2ccccc2c1O. The third-order valence-electron chi connectivity index (χ3n) is 4.62. The largest absolute Gasteiger partial charge is 0.506 e. The molecule has 0 bridgehead atoms. The minimum Gasteiger partial charge on any atom is -0.506 e. The molecule has 0 heterocycles. The van der Waals surface area contributed by atoms with Crippen LogP contribution in [0.1, 0.15) is 11.1 Å². The molecule has 0 aliphatic carbocycles. The van der Waals surface area contributed by atoms with Crippen LogP contribution in [-0.2, 0) is 14.9 Å². The molecular formula is C27H22O5S. The van der Waals surface area contributed by atoms with Crippen LogP contribution in [-0.4, -0.2) is 23.9 Å². The van der Waals surface area contributed by atoms with Crippen LogP contribution in [0, 0.1) is 0 Å². The van der Waals surface area contributed by atoms with Crippen molar-refractivity contribution in [3.63, 3.8) is 0 Å². The van der Waals surface area contributed by atoms with Crippen molar-refractivity contribution in [2.24, 2.45) is 0 Å². The van der Waals surface area contributed by atoms with Crippen molar-refractivity contribution in [1.82, 2.24) is 0 Å². The fraction of sp³-hybridized carbons (Fsp3) is 0. The van der Waals surface area contributed by atoms with Gasteiger partial charge in [-0.3, -0.25) is 9.35 Å². The van der Waals surface area contributed by atoms with E-state index in [1.807, 2.05) is 72.8 Å². The van der Waals surface area contributed by atoms with Crippen molar-refractivity contribution in [1.29, 1.82) is 0 Å². The highest BCUT2D eigenvalue weighted by molar-refractivity contribution is 7.86. The van der Waals surface area contributed by atoms with E-state index in [0.29, 0.717) is 10.8 Å². The van der Waals surface area contributed by atoms with Gasteiger partial charge in [0.2, 0.25) is 0 Å². The number of aromatic hydroxyl groups is 1.